The van der Waals surface area contributed by atoms with E-state index in [0.29, 0.717) is 17.9 Å². The maximum absolute atomic E-state index is 12.7. The first-order valence-electron chi connectivity index (χ1n) is 8.80. The summed E-state index contributed by atoms with van der Waals surface area (Å²) in [7, 11) is 0. The van der Waals surface area contributed by atoms with E-state index in [-0.39, 0.29) is 30.3 Å². The lowest BCUT2D eigenvalue weighted by Gasteiger charge is -2.43. The Labute approximate surface area is 145 Å². The molecule has 3 nitrogen and oxygen atoms in total. The third-order valence-corrected chi connectivity index (χ3v) is 5.71. The lowest BCUT2D eigenvalue weighted by molar-refractivity contribution is -0.128. The van der Waals surface area contributed by atoms with Crippen LogP contribution in [-0.4, -0.2) is 11.9 Å². The monoisotopic (exact) mass is 336 g/mol. The van der Waals surface area contributed by atoms with Gasteiger partial charge in [0.05, 0.1) is 6.04 Å². The fourth-order valence-electron chi connectivity index (χ4n) is 4.40. The second-order valence-electron chi connectivity index (χ2n) is 7.08. The topological polar surface area (TPSA) is 55.1 Å². The van der Waals surface area contributed by atoms with Crippen LogP contribution in [0.1, 0.15) is 57.1 Å². The zero-order valence-corrected chi connectivity index (χ0v) is 14.7. The predicted molar refractivity (Wildman–Crippen MR) is 96.4 cm³/mol. The van der Waals surface area contributed by atoms with Gasteiger partial charge in [-0.3, -0.25) is 4.79 Å². The second-order valence-corrected chi connectivity index (χ2v) is 7.08. The average molecular weight is 337 g/mol. The Morgan fingerprint density at radius 1 is 1.22 bits per heavy atom. The summed E-state index contributed by atoms with van der Waals surface area (Å²) in [5.41, 5.74) is 7.53. The van der Waals surface area contributed by atoms with Gasteiger partial charge in [0.2, 0.25) is 5.91 Å². The van der Waals surface area contributed by atoms with Crippen LogP contribution in [0.2, 0.25) is 0 Å². The highest BCUT2D eigenvalue weighted by Crippen LogP contribution is 2.42. The summed E-state index contributed by atoms with van der Waals surface area (Å²) >= 11 is 0. The molecule has 3 rings (SSSR count). The fraction of sp³-hybridized carbons (Fsp3) is 0.632. The predicted octanol–water partition coefficient (Wildman–Crippen LogP) is 3.83. The summed E-state index contributed by atoms with van der Waals surface area (Å²) in [6.07, 6.45) is 6.59. The van der Waals surface area contributed by atoms with Crippen LogP contribution >= 0.6 is 12.4 Å². The van der Waals surface area contributed by atoms with Gasteiger partial charge in [0.15, 0.2) is 0 Å². The van der Waals surface area contributed by atoms with Gasteiger partial charge in [0.1, 0.15) is 0 Å². The Kier molecular flexibility index (Phi) is 6.49. The Morgan fingerprint density at radius 2 is 1.83 bits per heavy atom. The van der Waals surface area contributed by atoms with Crippen LogP contribution in [0.3, 0.4) is 0 Å². The molecule has 23 heavy (non-hydrogen) atoms. The van der Waals surface area contributed by atoms with Crippen LogP contribution in [0.5, 0.6) is 0 Å². The highest BCUT2D eigenvalue weighted by atomic mass is 35.5. The van der Waals surface area contributed by atoms with Crippen molar-refractivity contribution >= 4 is 18.3 Å². The van der Waals surface area contributed by atoms with Gasteiger partial charge < -0.3 is 11.1 Å². The van der Waals surface area contributed by atoms with E-state index in [4.69, 9.17) is 5.73 Å². The summed E-state index contributed by atoms with van der Waals surface area (Å²) in [5.74, 6) is 1.51. The van der Waals surface area contributed by atoms with Crippen LogP contribution in [0.25, 0.3) is 0 Å². The average Bonchev–Trinajstić information content (AvgIpc) is 2.53. The van der Waals surface area contributed by atoms with Gasteiger partial charge >= 0.3 is 0 Å². The van der Waals surface area contributed by atoms with Gasteiger partial charge in [-0.05, 0) is 49.5 Å². The molecule has 0 heterocycles. The Morgan fingerprint density at radius 3 is 2.39 bits per heavy atom. The molecule has 2 aliphatic carbocycles. The van der Waals surface area contributed by atoms with Crippen molar-refractivity contribution in [1.82, 2.24) is 5.32 Å². The molecular weight excluding hydrogens is 308 g/mol. The molecule has 3 N–H and O–H groups in total. The van der Waals surface area contributed by atoms with Crippen LogP contribution in [-0.2, 0) is 4.79 Å². The lowest BCUT2D eigenvalue weighted by atomic mass is 9.65. The zero-order chi connectivity index (χ0) is 15.5. The molecule has 2 bridgehead atoms. The molecule has 3 atom stereocenters. The lowest BCUT2D eigenvalue weighted by Crippen LogP contribution is -2.49. The number of amides is 1. The van der Waals surface area contributed by atoms with Crippen molar-refractivity contribution in [2.24, 2.45) is 23.5 Å². The third kappa shape index (κ3) is 4.07. The van der Waals surface area contributed by atoms with Crippen LogP contribution in [0.15, 0.2) is 30.3 Å². The summed E-state index contributed by atoms with van der Waals surface area (Å²) < 4.78 is 0. The number of carbonyl (C=O) groups excluding carboxylic acids is 1. The number of halogens is 1. The van der Waals surface area contributed by atoms with Gasteiger partial charge in [-0.1, -0.05) is 43.7 Å². The van der Waals surface area contributed by atoms with Crippen molar-refractivity contribution < 1.29 is 4.79 Å². The molecule has 2 aliphatic rings. The molecule has 1 aromatic rings. The van der Waals surface area contributed by atoms with Crippen molar-refractivity contribution in [3.8, 4) is 0 Å². The fourth-order valence-corrected chi connectivity index (χ4v) is 4.40. The van der Waals surface area contributed by atoms with Crippen LogP contribution in [0, 0.1) is 17.8 Å². The van der Waals surface area contributed by atoms with Crippen molar-refractivity contribution in [2.75, 3.05) is 0 Å². The van der Waals surface area contributed by atoms with E-state index in [1.165, 1.54) is 24.8 Å². The highest BCUT2D eigenvalue weighted by molar-refractivity contribution is 5.85. The molecule has 1 aromatic carbocycles. The van der Waals surface area contributed by atoms with E-state index in [0.717, 1.165) is 19.3 Å². The van der Waals surface area contributed by atoms with Gasteiger partial charge in [-0.15, -0.1) is 12.4 Å². The Balaban J connectivity index is 0.00000192. The number of rotatable bonds is 4. The maximum Gasteiger partial charge on any atom is 0.223 e. The molecule has 2 fully saturated rings. The van der Waals surface area contributed by atoms with Crippen molar-refractivity contribution in [2.45, 2.75) is 57.5 Å². The minimum absolute atomic E-state index is 0. The van der Waals surface area contributed by atoms with Gasteiger partial charge in [-0.25, -0.2) is 0 Å². The molecular formula is C19H29ClN2O. The SMILES string of the molecule is CCC(NC(=O)C1CC2CCCC(C1)C2N)c1ccccc1.Cl. The number of hydrogen-bond donors (Lipinski definition) is 2. The minimum Gasteiger partial charge on any atom is -0.349 e. The number of carbonyl (C=O) groups is 1. The molecule has 0 aliphatic heterocycles. The van der Waals surface area contributed by atoms with Gasteiger partial charge in [0.25, 0.3) is 0 Å². The van der Waals surface area contributed by atoms with Crippen LogP contribution < -0.4 is 11.1 Å². The second kappa shape index (κ2) is 8.16. The third-order valence-electron chi connectivity index (χ3n) is 5.71. The minimum atomic E-state index is 0. The zero-order valence-electron chi connectivity index (χ0n) is 13.9. The first-order chi connectivity index (χ1) is 10.7. The molecule has 1 amide bonds. The maximum atomic E-state index is 12.7. The first-order valence-corrected chi connectivity index (χ1v) is 8.80. The largest absolute Gasteiger partial charge is 0.349 e. The molecule has 0 aromatic heterocycles. The number of nitrogens with two attached hydrogens (primary N) is 1. The van der Waals surface area contributed by atoms with E-state index in [1.807, 2.05) is 18.2 Å². The molecule has 128 valence electrons. The van der Waals surface area contributed by atoms with Crippen molar-refractivity contribution in [1.29, 1.82) is 0 Å². The molecule has 0 radical (unpaired) electrons. The summed E-state index contributed by atoms with van der Waals surface area (Å²) in [6.45, 7) is 2.13. The van der Waals surface area contributed by atoms with Crippen molar-refractivity contribution in [3.63, 3.8) is 0 Å². The summed E-state index contributed by atoms with van der Waals surface area (Å²) in [6, 6.07) is 10.7. The standard InChI is InChI=1S/C19H28N2O.ClH/c1-2-17(13-7-4-3-5-8-13)21-19(22)16-11-14-9-6-10-15(12-16)18(14)20;/h3-5,7-8,14-18H,2,6,9-12,20H2,1H3,(H,21,22);1H. The van der Waals surface area contributed by atoms with E-state index < -0.39 is 0 Å². The molecule has 2 saturated carbocycles. The Hall–Kier alpha value is -1.06. The quantitative estimate of drug-likeness (QED) is 0.878. The van der Waals surface area contributed by atoms with E-state index >= 15 is 0 Å². The van der Waals surface area contributed by atoms with Gasteiger partial charge in [-0.2, -0.15) is 0 Å². The van der Waals surface area contributed by atoms with E-state index in [2.05, 4.69) is 24.4 Å². The number of benzene rings is 1. The van der Waals surface area contributed by atoms with Crippen LogP contribution in [0.4, 0.5) is 0 Å². The van der Waals surface area contributed by atoms with Crippen molar-refractivity contribution in [3.05, 3.63) is 35.9 Å². The Bertz CT molecular complexity index is 493. The molecule has 0 spiro atoms. The van der Waals surface area contributed by atoms with E-state index in [1.54, 1.807) is 0 Å². The normalized spacial score (nSPS) is 30.9. The smallest absolute Gasteiger partial charge is 0.223 e. The molecule has 4 heteroatoms. The summed E-state index contributed by atoms with van der Waals surface area (Å²) in [5, 5.41) is 3.28. The number of nitrogens with one attached hydrogen (secondary N) is 1. The van der Waals surface area contributed by atoms with Gasteiger partial charge in [0, 0.05) is 12.0 Å². The summed E-state index contributed by atoms with van der Waals surface area (Å²) in [4.78, 5) is 12.7. The number of fused-ring (bicyclic) bond motifs is 2. The first kappa shape index (κ1) is 18.3. The number of hydrogen-bond acceptors (Lipinski definition) is 2. The van der Waals surface area contributed by atoms with E-state index in [9.17, 15) is 4.79 Å². The highest BCUT2D eigenvalue weighted by Gasteiger charge is 2.40. The molecule has 0 saturated heterocycles. The molecule has 3 unspecified atom stereocenters.